The largest absolute Gasteiger partial charge is 0.493 e. The van der Waals surface area contributed by atoms with Crippen LogP contribution >= 0.6 is 0 Å². The molecule has 2 aromatic carbocycles. The van der Waals surface area contributed by atoms with Gasteiger partial charge in [0.1, 0.15) is 5.75 Å². The highest BCUT2D eigenvalue weighted by Gasteiger charge is 2.45. The normalized spacial score (nSPS) is 22.3. The van der Waals surface area contributed by atoms with Gasteiger partial charge in [-0.15, -0.1) is 0 Å². The summed E-state index contributed by atoms with van der Waals surface area (Å²) in [5.74, 6) is 0.927. The predicted molar refractivity (Wildman–Crippen MR) is 91.0 cm³/mol. The van der Waals surface area contributed by atoms with Crippen molar-refractivity contribution in [2.24, 2.45) is 10.9 Å². The molecule has 24 heavy (non-hydrogen) atoms. The molecule has 124 valence electrons. The van der Waals surface area contributed by atoms with E-state index in [2.05, 4.69) is 17.1 Å². The molecule has 6 heteroatoms. The molecule has 0 aliphatic carbocycles. The van der Waals surface area contributed by atoms with Crippen molar-refractivity contribution in [2.75, 3.05) is 27.3 Å². The van der Waals surface area contributed by atoms with Crippen molar-refractivity contribution in [2.45, 2.75) is 6.04 Å². The highest BCUT2D eigenvalue weighted by molar-refractivity contribution is 5.90. The highest BCUT2D eigenvalue weighted by atomic mass is 16.7. The minimum atomic E-state index is -0.392. The second-order valence-corrected chi connectivity index (χ2v) is 6.33. The number of urea groups is 1. The number of benzene rings is 2. The first kappa shape index (κ1) is 15.0. The number of aliphatic imine (C=N–C) groups is 1. The Hall–Kier alpha value is -2.60. The van der Waals surface area contributed by atoms with E-state index in [-0.39, 0.29) is 12.0 Å². The summed E-state index contributed by atoms with van der Waals surface area (Å²) in [5.41, 5.74) is 1.01. The molecular formula is C18H19N3O3. The maximum absolute atomic E-state index is 12.5. The van der Waals surface area contributed by atoms with Crippen molar-refractivity contribution in [1.29, 1.82) is 0 Å². The number of carbonyl (C=O) groups excluding carboxylic acids is 1. The Morgan fingerprint density at radius 2 is 2.08 bits per heavy atom. The Bertz CT molecular complexity index is 818. The second kappa shape index (κ2) is 5.79. The zero-order valence-corrected chi connectivity index (χ0v) is 13.7. The van der Waals surface area contributed by atoms with E-state index in [1.54, 1.807) is 4.90 Å². The van der Waals surface area contributed by atoms with Gasteiger partial charge in [-0.05, 0) is 16.8 Å². The summed E-state index contributed by atoms with van der Waals surface area (Å²) in [7, 11) is 3.64. The molecule has 0 spiro atoms. The number of hydroxylamine groups is 2. The molecule has 0 aromatic heterocycles. The van der Waals surface area contributed by atoms with Crippen molar-refractivity contribution < 1.29 is 14.4 Å². The van der Waals surface area contributed by atoms with Gasteiger partial charge in [0.2, 0.25) is 0 Å². The topological polar surface area (TPSA) is 54.4 Å². The minimum absolute atomic E-state index is 0.113. The van der Waals surface area contributed by atoms with E-state index in [1.165, 1.54) is 11.4 Å². The van der Waals surface area contributed by atoms with Gasteiger partial charge in [-0.25, -0.2) is 4.79 Å². The summed E-state index contributed by atoms with van der Waals surface area (Å²) >= 11 is 0. The minimum Gasteiger partial charge on any atom is -0.493 e. The van der Waals surface area contributed by atoms with Crippen LogP contribution in [-0.2, 0) is 4.84 Å². The first-order valence-electron chi connectivity index (χ1n) is 7.96. The molecular weight excluding hydrogens is 306 g/mol. The molecule has 0 radical (unpaired) electrons. The molecule has 0 saturated carbocycles. The van der Waals surface area contributed by atoms with Crippen LogP contribution in [0.3, 0.4) is 0 Å². The van der Waals surface area contributed by atoms with Crippen LogP contribution in [0.5, 0.6) is 5.75 Å². The van der Waals surface area contributed by atoms with Crippen LogP contribution in [0.25, 0.3) is 10.8 Å². The summed E-state index contributed by atoms with van der Waals surface area (Å²) in [6, 6.07) is 11.6. The lowest BCUT2D eigenvalue weighted by atomic mass is 9.88. The van der Waals surface area contributed by atoms with Gasteiger partial charge in [0.15, 0.2) is 0 Å². The first-order valence-corrected chi connectivity index (χ1v) is 7.96. The highest BCUT2D eigenvalue weighted by Crippen LogP contribution is 2.46. The van der Waals surface area contributed by atoms with Gasteiger partial charge in [-0.1, -0.05) is 30.3 Å². The second-order valence-electron chi connectivity index (χ2n) is 6.33. The van der Waals surface area contributed by atoms with Crippen molar-refractivity contribution in [3.05, 3.63) is 42.0 Å². The number of amides is 2. The average molecular weight is 325 g/mol. The maximum Gasteiger partial charge on any atom is 0.369 e. The molecule has 1 saturated heterocycles. The molecule has 1 fully saturated rings. The summed E-state index contributed by atoms with van der Waals surface area (Å²) < 4.78 is 5.91. The van der Waals surface area contributed by atoms with Gasteiger partial charge in [-0.2, -0.15) is 10.1 Å². The fourth-order valence-electron chi connectivity index (χ4n) is 3.33. The van der Waals surface area contributed by atoms with E-state index < -0.39 is 6.03 Å². The molecule has 2 amide bonds. The van der Waals surface area contributed by atoms with E-state index >= 15 is 0 Å². The van der Waals surface area contributed by atoms with Crippen molar-refractivity contribution in [3.63, 3.8) is 0 Å². The summed E-state index contributed by atoms with van der Waals surface area (Å²) in [6.45, 7) is 0.994. The molecule has 4 rings (SSSR count). The van der Waals surface area contributed by atoms with Crippen LogP contribution in [0.2, 0.25) is 0 Å². The summed E-state index contributed by atoms with van der Waals surface area (Å²) in [6.07, 6.45) is 1.49. The standard InChI is InChI=1S/C18H19N3O3/c1-20(2)11-19-18(22)21-17-13(10-24-21)9-23-15-8-7-12-5-3-4-6-14(12)16(15)17/h3-8,11,13,17H,9-10H2,1-2H3/b19-11+. The lowest BCUT2D eigenvalue weighted by Gasteiger charge is -2.31. The van der Waals surface area contributed by atoms with Gasteiger partial charge in [-0.3, -0.25) is 4.84 Å². The zero-order valence-electron chi connectivity index (χ0n) is 13.7. The van der Waals surface area contributed by atoms with Crippen molar-refractivity contribution >= 4 is 23.1 Å². The summed E-state index contributed by atoms with van der Waals surface area (Å²) in [4.78, 5) is 23.9. The van der Waals surface area contributed by atoms with Crippen LogP contribution in [0, 0.1) is 5.92 Å². The third-order valence-electron chi connectivity index (χ3n) is 4.39. The molecule has 0 N–H and O–H groups in total. The average Bonchev–Trinajstić information content (AvgIpc) is 3.03. The molecule has 2 heterocycles. The van der Waals surface area contributed by atoms with Crippen LogP contribution in [-0.4, -0.2) is 49.6 Å². The first-order chi connectivity index (χ1) is 11.6. The fourth-order valence-corrected chi connectivity index (χ4v) is 3.33. The number of hydrogen-bond acceptors (Lipinski definition) is 3. The lowest BCUT2D eigenvalue weighted by Crippen LogP contribution is -2.34. The smallest absolute Gasteiger partial charge is 0.369 e. The van der Waals surface area contributed by atoms with Gasteiger partial charge in [0.25, 0.3) is 0 Å². The van der Waals surface area contributed by atoms with E-state index in [1.807, 2.05) is 38.4 Å². The third-order valence-corrected chi connectivity index (χ3v) is 4.39. The molecule has 0 bridgehead atoms. The monoisotopic (exact) mass is 325 g/mol. The summed E-state index contributed by atoms with van der Waals surface area (Å²) in [5, 5.41) is 3.61. The van der Waals surface area contributed by atoms with Crippen LogP contribution in [0.4, 0.5) is 4.79 Å². The molecule has 2 atom stereocenters. The molecule has 6 nitrogen and oxygen atoms in total. The SMILES string of the molecule is CN(C)/C=N/C(=O)N1OCC2COc3ccc4ccccc4c3C21. The van der Waals surface area contributed by atoms with Crippen molar-refractivity contribution in [1.82, 2.24) is 9.96 Å². The Morgan fingerprint density at radius 1 is 1.25 bits per heavy atom. The number of fused-ring (bicyclic) bond motifs is 5. The van der Waals surface area contributed by atoms with Gasteiger partial charge < -0.3 is 9.64 Å². The molecule has 2 aromatic rings. The fraction of sp³-hybridized carbons (Fsp3) is 0.333. The number of nitrogens with zero attached hydrogens (tertiary/aromatic N) is 3. The number of ether oxygens (including phenoxy) is 1. The third kappa shape index (κ3) is 2.39. The Kier molecular flexibility index (Phi) is 3.61. The Morgan fingerprint density at radius 3 is 2.92 bits per heavy atom. The van der Waals surface area contributed by atoms with E-state index in [0.717, 1.165) is 22.1 Å². The van der Waals surface area contributed by atoms with E-state index in [0.29, 0.717) is 13.2 Å². The van der Waals surface area contributed by atoms with E-state index in [4.69, 9.17) is 9.57 Å². The lowest BCUT2D eigenvalue weighted by molar-refractivity contribution is -0.0845. The Labute approximate surface area is 140 Å². The zero-order chi connectivity index (χ0) is 16.7. The van der Waals surface area contributed by atoms with Crippen LogP contribution in [0.15, 0.2) is 41.4 Å². The molecule has 2 aliphatic rings. The number of carbonyl (C=O) groups is 1. The van der Waals surface area contributed by atoms with Crippen molar-refractivity contribution in [3.8, 4) is 5.75 Å². The molecule has 2 unspecified atom stereocenters. The number of rotatable bonds is 1. The van der Waals surface area contributed by atoms with E-state index in [9.17, 15) is 4.79 Å². The number of hydrogen-bond donors (Lipinski definition) is 0. The van der Waals surface area contributed by atoms with Gasteiger partial charge in [0, 0.05) is 25.6 Å². The Balaban J connectivity index is 1.79. The maximum atomic E-state index is 12.5. The van der Waals surface area contributed by atoms with Crippen LogP contribution in [0.1, 0.15) is 11.6 Å². The molecule has 2 aliphatic heterocycles. The predicted octanol–water partition coefficient (Wildman–Crippen LogP) is 2.85. The van der Waals surface area contributed by atoms with Crippen LogP contribution < -0.4 is 4.74 Å². The quantitative estimate of drug-likeness (QED) is 0.598. The van der Waals surface area contributed by atoms with Gasteiger partial charge in [0.05, 0.1) is 25.6 Å². The van der Waals surface area contributed by atoms with Gasteiger partial charge >= 0.3 is 6.03 Å².